The number of imide groups is 1. The van der Waals surface area contributed by atoms with E-state index in [2.05, 4.69) is 10.2 Å². The van der Waals surface area contributed by atoms with E-state index in [0.717, 1.165) is 11.3 Å². The molecule has 0 bridgehead atoms. The van der Waals surface area contributed by atoms with Gasteiger partial charge in [-0.15, -0.1) is 10.2 Å². The van der Waals surface area contributed by atoms with Crippen molar-refractivity contribution in [3.8, 4) is 17.1 Å². The predicted molar refractivity (Wildman–Crippen MR) is 101 cm³/mol. The molecule has 0 unspecified atom stereocenters. The van der Waals surface area contributed by atoms with Crippen LogP contribution in [-0.4, -0.2) is 44.5 Å². The normalized spacial score (nSPS) is 13.2. The van der Waals surface area contributed by atoms with Crippen LogP contribution in [0, 0.1) is 0 Å². The summed E-state index contributed by atoms with van der Waals surface area (Å²) in [5, 5.41) is 9.04. The van der Waals surface area contributed by atoms with Gasteiger partial charge >= 0.3 is 0 Å². The number of carbonyl (C=O) groups is 2. The van der Waals surface area contributed by atoms with Gasteiger partial charge in [0.2, 0.25) is 0 Å². The Bertz CT molecular complexity index is 995. The monoisotopic (exact) mass is 380 g/mol. The molecule has 2 amide bonds. The average Bonchev–Trinajstić information content (AvgIpc) is 3.19. The van der Waals surface area contributed by atoms with Crippen LogP contribution in [0.5, 0.6) is 5.75 Å². The number of hydrogen-bond donors (Lipinski definition) is 0. The molecule has 2 heterocycles. The summed E-state index contributed by atoms with van der Waals surface area (Å²) in [5.41, 5.74) is 1.79. The maximum absolute atomic E-state index is 12.4. The van der Waals surface area contributed by atoms with Crippen molar-refractivity contribution >= 4 is 23.6 Å². The number of fused-ring (bicyclic) bond motifs is 1. The van der Waals surface area contributed by atoms with Gasteiger partial charge in [-0.05, 0) is 36.4 Å². The number of rotatable bonds is 5. The molecule has 8 heteroatoms. The predicted octanol–water partition coefficient (Wildman–Crippen LogP) is 2.84. The Labute approximate surface area is 160 Å². The van der Waals surface area contributed by atoms with E-state index in [1.165, 1.54) is 16.7 Å². The summed E-state index contributed by atoms with van der Waals surface area (Å²) in [6, 6.07) is 14.4. The lowest BCUT2D eigenvalue weighted by Crippen LogP contribution is -2.29. The molecule has 4 rings (SSSR count). The number of aromatic nitrogens is 3. The van der Waals surface area contributed by atoms with Crippen molar-refractivity contribution in [2.45, 2.75) is 5.16 Å². The molecule has 136 valence electrons. The summed E-state index contributed by atoms with van der Waals surface area (Å²) in [5.74, 6) is 1.09. The summed E-state index contributed by atoms with van der Waals surface area (Å²) >= 11 is 1.29. The van der Waals surface area contributed by atoms with Crippen molar-refractivity contribution in [2.24, 2.45) is 7.05 Å². The van der Waals surface area contributed by atoms with Gasteiger partial charge in [0.1, 0.15) is 5.75 Å². The highest BCUT2D eigenvalue weighted by molar-refractivity contribution is 7.99. The lowest BCUT2D eigenvalue weighted by Gasteiger charge is -2.12. The van der Waals surface area contributed by atoms with Crippen LogP contribution in [0.2, 0.25) is 0 Å². The Kier molecular flexibility index (Phi) is 4.41. The van der Waals surface area contributed by atoms with E-state index in [4.69, 9.17) is 4.74 Å². The number of amides is 2. The zero-order chi connectivity index (χ0) is 19.0. The van der Waals surface area contributed by atoms with Crippen molar-refractivity contribution in [3.05, 3.63) is 59.7 Å². The molecule has 27 heavy (non-hydrogen) atoms. The van der Waals surface area contributed by atoms with Gasteiger partial charge in [-0.1, -0.05) is 23.9 Å². The number of hydrogen-bond acceptors (Lipinski definition) is 6. The van der Waals surface area contributed by atoms with E-state index in [9.17, 15) is 9.59 Å². The first-order valence-corrected chi connectivity index (χ1v) is 9.20. The second-order valence-electron chi connectivity index (χ2n) is 5.95. The fourth-order valence-corrected chi connectivity index (χ4v) is 3.77. The largest absolute Gasteiger partial charge is 0.497 e. The van der Waals surface area contributed by atoms with E-state index in [1.54, 1.807) is 31.4 Å². The van der Waals surface area contributed by atoms with Crippen LogP contribution in [-0.2, 0) is 7.05 Å². The number of carbonyl (C=O) groups excluding carboxylic acids is 2. The van der Waals surface area contributed by atoms with E-state index in [1.807, 2.05) is 35.9 Å². The average molecular weight is 380 g/mol. The van der Waals surface area contributed by atoms with Crippen LogP contribution < -0.4 is 4.74 Å². The van der Waals surface area contributed by atoms with E-state index in [0.29, 0.717) is 22.1 Å². The lowest BCUT2D eigenvalue weighted by molar-refractivity contribution is 0.0684. The highest BCUT2D eigenvalue weighted by Gasteiger charge is 2.35. The summed E-state index contributed by atoms with van der Waals surface area (Å²) < 4.78 is 7.00. The SMILES string of the molecule is COc1ccc(-c2nnc(SCN3C(=O)c4ccccc4C3=O)n2C)cc1. The van der Waals surface area contributed by atoms with E-state index in [-0.39, 0.29) is 17.7 Å². The van der Waals surface area contributed by atoms with Crippen molar-refractivity contribution in [1.82, 2.24) is 19.7 Å². The van der Waals surface area contributed by atoms with Crippen LogP contribution >= 0.6 is 11.8 Å². The minimum Gasteiger partial charge on any atom is -0.497 e. The van der Waals surface area contributed by atoms with Crippen molar-refractivity contribution in [3.63, 3.8) is 0 Å². The van der Waals surface area contributed by atoms with Crippen LogP contribution in [0.25, 0.3) is 11.4 Å². The van der Waals surface area contributed by atoms with Gasteiger partial charge in [0.05, 0.1) is 24.1 Å². The molecular formula is C19H16N4O3S. The Morgan fingerprint density at radius 3 is 2.19 bits per heavy atom. The number of benzene rings is 2. The zero-order valence-corrected chi connectivity index (χ0v) is 15.6. The van der Waals surface area contributed by atoms with Gasteiger partial charge in [-0.25, -0.2) is 0 Å². The van der Waals surface area contributed by atoms with Crippen molar-refractivity contribution < 1.29 is 14.3 Å². The third kappa shape index (κ3) is 2.97. The molecule has 1 aliphatic heterocycles. The van der Waals surface area contributed by atoms with Gasteiger partial charge < -0.3 is 9.30 Å². The molecular weight excluding hydrogens is 364 g/mol. The molecule has 1 aliphatic rings. The Morgan fingerprint density at radius 2 is 1.59 bits per heavy atom. The van der Waals surface area contributed by atoms with Gasteiger partial charge in [0.15, 0.2) is 11.0 Å². The molecule has 0 saturated carbocycles. The minimum absolute atomic E-state index is 0.181. The summed E-state index contributed by atoms with van der Waals surface area (Å²) in [4.78, 5) is 26.1. The molecule has 3 aromatic rings. The molecule has 0 fully saturated rings. The van der Waals surface area contributed by atoms with Crippen molar-refractivity contribution in [1.29, 1.82) is 0 Å². The maximum Gasteiger partial charge on any atom is 0.262 e. The first-order valence-electron chi connectivity index (χ1n) is 8.22. The summed E-state index contributed by atoms with van der Waals surface area (Å²) in [6.45, 7) is 0. The molecule has 0 aliphatic carbocycles. The Balaban J connectivity index is 1.51. The smallest absolute Gasteiger partial charge is 0.262 e. The molecule has 1 aromatic heterocycles. The van der Waals surface area contributed by atoms with Gasteiger partial charge in [0.25, 0.3) is 11.8 Å². The lowest BCUT2D eigenvalue weighted by atomic mass is 10.1. The standard InChI is InChI=1S/C19H16N4O3S/c1-22-16(12-7-9-13(26-2)10-8-12)20-21-19(22)27-11-23-17(24)14-5-3-4-6-15(14)18(23)25/h3-10H,11H2,1-2H3. The van der Waals surface area contributed by atoms with Gasteiger partial charge in [-0.2, -0.15) is 0 Å². The zero-order valence-electron chi connectivity index (χ0n) is 14.7. The third-order valence-corrected chi connectivity index (χ3v) is 5.39. The summed E-state index contributed by atoms with van der Waals surface area (Å²) in [7, 11) is 3.47. The second kappa shape index (κ2) is 6.88. The topological polar surface area (TPSA) is 77.3 Å². The molecule has 2 aromatic carbocycles. The highest BCUT2D eigenvalue weighted by Crippen LogP contribution is 2.28. The summed E-state index contributed by atoms with van der Waals surface area (Å²) in [6.07, 6.45) is 0. The highest BCUT2D eigenvalue weighted by atomic mass is 32.2. The first kappa shape index (κ1) is 17.3. The fraction of sp³-hybridized carbons (Fsp3) is 0.158. The Morgan fingerprint density at radius 1 is 0.963 bits per heavy atom. The number of thioether (sulfide) groups is 1. The molecule has 0 saturated heterocycles. The minimum atomic E-state index is -0.277. The molecule has 7 nitrogen and oxygen atoms in total. The maximum atomic E-state index is 12.4. The second-order valence-corrected chi connectivity index (χ2v) is 6.86. The third-order valence-electron chi connectivity index (χ3n) is 4.38. The van der Waals surface area contributed by atoms with Crippen molar-refractivity contribution in [2.75, 3.05) is 13.0 Å². The van der Waals surface area contributed by atoms with Crippen LogP contribution in [0.15, 0.2) is 53.7 Å². The van der Waals surface area contributed by atoms with Crippen LogP contribution in [0.3, 0.4) is 0 Å². The van der Waals surface area contributed by atoms with Gasteiger partial charge in [0, 0.05) is 12.6 Å². The number of methoxy groups -OCH3 is 1. The van der Waals surface area contributed by atoms with E-state index < -0.39 is 0 Å². The van der Waals surface area contributed by atoms with E-state index >= 15 is 0 Å². The number of ether oxygens (including phenoxy) is 1. The van der Waals surface area contributed by atoms with Gasteiger partial charge in [-0.3, -0.25) is 14.5 Å². The van der Waals surface area contributed by atoms with Crippen LogP contribution in [0.1, 0.15) is 20.7 Å². The Hall–Kier alpha value is -3.13. The molecule has 0 spiro atoms. The fourth-order valence-electron chi connectivity index (χ4n) is 2.91. The number of nitrogens with zero attached hydrogens (tertiary/aromatic N) is 4. The first-order chi connectivity index (χ1) is 13.1. The quantitative estimate of drug-likeness (QED) is 0.500. The van der Waals surface area contributed by atoms with Crippen LogP contribution in [0.4, 0.5) is 0 Å². The molecule has 0 radical (unpaired) electrons. The molecule has 0 atom stereocenters. The molecule has 0 N–H and O–H groups in total.